The molecule has 0 radical (unpaired) electrons. The first-order valence-corrected chi connectivity index (χ1v) is 8.70. The molecule has 3 aromatic rings. The number of rotatable bonds is 5. The smallest absolute Gasteiger partial charge is 0.277 e. The van der Waals surface area contributed by atoms with Crippen LogP contribution in [0.15, 0.2) is 52.1 Å². The van der Waals surface area contributed by atoms with Gasteiger partial charge >= 0.3 is 0 Å². The van der Waals surface area contributed by atoms with Gasteiger partial charge in [0.25, 0.3) is 5.22 Å². The Bertz CT molecular complexity index is 914. The van der Waals surface area contributed by atoms with Crippen molar-refractivity contribution in [3.63, 3.8) is 0 Å². The number of thioether (sulfide) groups is 1. The van der Waals surface area contributed by atoms with E-state index in [0.717, 1.165) is 17.3 Å². The maximum atomic E-state index is 12.0. The predicted molar refractivity (Wildman–Crippen MR) is 96.9 cm³/mol. The van der Waals surface area contributed by atoms with Crippen molar-refractivity contribution in [3.05, 3.63) is 53.1 Å². The SMILES string of the molecule is Cc1ccc(NC(=O)CSc2nnc(-c3ccccc3Cl)o2)c(O)c1. The summed E-state index contributed by atoms with van der Waals surface area (Å²) in [6, 6.07) is 12.2. The molecule has 0 fully saturated rings. The quantitative estimate of drug-likeness (QED) is 0.514. The van der Waals surface area contributed by atoms with Crippen LogP contribution < -0.4 is 5.32 Å². The number of anilines is 1. The molecule has 1 heterocycles. The molecule has 0 aliphatic heterocycles. The topological polar surface area (TPSA) is 88.3 Å². The van der Waals surface area contributed by atoms with Gasteiger partial charge in [-0.15, -0.1) is 10.2 Å². The highest BCUT2D eigenvalue weighted by Crippen LogP contribution is 2.29. The lowest BCUT2D eigenvalue weighted by atomic mass is 10.2. The molecule has 0 bridgehead atoms. The van der Waals surface area contributed by atoms with E-state index in [2.05, 4.69) is 15.5 Å². The third kappa shape index (κ3) is 4.32. The Hall–Kier alpha value is -2.51. The Kier molecular flexibility index (Phi) is 5.25. The number of aromatic nitrogens is 2. The molecule has 0 spiro atoms. The van der Waals surface area contributed by atoms with Crippen LogP contribution in [-0.4, -0.2) is 27.0 Å². The minimum Gasteiger partial charge on any atom is -0.506 e. The summed E-state index contributed by atoms with van der Waals surface area (Å²) in [7, 11) is 0. The van der Waals surface area contributed by atoms with Gasteiger partial charge in [-0.25, -0.2) is 0 Å². The highest BCUT2D eigenvalue weighted by Gasteiger charge is 2.14. The van der Waals surface area contributed by atoms with Crippen LogP contribution in [0.3, 0.4) is 0 Å². The fraction of sp³-hybridized carbons (Fsp3) is 0.118. The van der Waals surface area contributed by atoms with E-state index in [4.69, 9.17) is 16.0 Å². The third-order valence-electron chi connectivity index (χ3n) is 3.26. The van der Waals surface area contributed by atoms with E-state index >= 15 is 0 Å². The Labute approximate surface area is 153 Å². The van der Waals surface area contributed by atoms with Crippen molar-refractivity contribution in [2.24, 2.45) is 0 Å². The van der Waals surface area contributed by atoms with Crippen molar-refractivity contribution >= 4 is 35.0 Å². The maximum absolute atomic E-state index is 12.0. The number of nitrogens with one attached hydrogen (secondary N) is 1. The summed E-state index contributed by atoms with van der Waals surface area (Å²) in [6.45, 7) is 1.85. The summed E-state index contributed by atoms with van der Waals surface area (Å²) in [4.78, 5) is 12.0. The summed E-state index contributed by atoms with van der Waals surface area (Å²) < 4.78 is 5.52. The van der Waals surface area contributed by atoms with Gasteiger partial charge in [0, 0.05) is 0 Å². The van der Waals surface area contributed by atoms with Crippen LogP contribution in [0.2, 0.25) is 5.02 Å². The molecule has 2 N–H and O–H groups in total. The number of aromatic hydroxyl groups is 1. The van der Waals surface area contributed by atoms with Crippen molar-refractivity contribution in [1.29, 1.82) is 0 Å². The number of hydrogen-bond acceptors (Lipinski definition) is 6. The normalized spacial score (nSPS) is 10.6. The van der Waals surface area contributed by atoms with Crippen LogP contribution in [0.4, 0.5) is 5.69 Å². The fourth-order valence-corrected chi connectivity index (χ4v) is 2.85. The molecule has 0 atom stereocenters. The fourth-order valence-electron chi connectivity index (χ4n) is 2.07. The Morgan fingerprint density at radius 1 is 1.28 bits per heavy atom. The summed E-state index contributed by atoms with van der Waals surface area (Å²) in [5, 5.41) is 21.1. The lowest BCUT2D eigenvalue weighted by molar-refractivity contribution is -0.113. The van der Waals surface area contributed by atoms with E-state index in [1.54, 1.807) is 30.3 Å². The molecule has 0 aliphatic rings. The van der Waals surface area contributed by atoms with Gasteiger partial charge in [0.15, 0.2) is 0 Å². The van der Waals surface area contributed by atoms with Gasteiger partial charge in [-0.3, -0.25) is 4.79 Å². The molecule has 1 aromatic heterocycles. The molecule has 0 unspecified atom stereocenters. The highest BCUT2D eigenvalue weighted by molar-refractivity contribution is 7.99. The maximum Gasteiger partial charge on any atom is 0.277 e. The first kappa shape index (κ1) is 17.3. The van der Waals surface area contributed by atoms with E-state index in [9.17, 15) is 9.90 Å². The zero-order valence-corrected chi connectivity index (χ0v) is 14.8. The molecule has 2 aromatic carbocycles. The second kappa shape index (κ2) is 7.58. The highest BCUT2D eigenvalue weighted by atomic mass is 35.5. The minimum atomic E-state index is -0.290. The zero-order valence-electron chi connectivity index (χ0n) is 13.2. The monoisotopic (exact) mass is 375 g/mol. The average molecular weight is 376 g/mol. The summed E-state index contributed by atoms with van der Waals surface area (Å²) in [5.74, 6) is 0.0979. The predicted octanol–water partition coefficient (Wildman–Crippen LogP) is 4.13. The van der Waals surface area contributed by atoms with Gasteiger partial charge in [-0.05, 0) is 36.8 Å². The molecule has 0 saturated heterocycles. The second-order valence-electron chi connectivity index (χ2n) is 5.21. The van der Waals surface area contributed by atoms with Crippen LogP contribution >= 0.6 is 23.4 Å². The number of benzene rings is 2. The first-order valence-electron chi connectivity index (χ1n) is 7.33. The Morgan fingerprint density at radius 2 is 2.08 bits per heavy atom. The number of phenols is 1. The van der Waals surface area contributed by atoms with E-state index in [1.165, 1.54) is 0 Å². The van der Waals surface area contributed by atoms with E-state index in [-0.39, 0.29) is 22.6 Å². The average Bonchev–Trinajstić information content (AvgIpc) is 3.05. The van der Waals surface area contributed by atoms with Gasteiger partial charge in [-0.1, -0.05) is 41.6 Å². The van der Waals surface area contributed by atoms with Crippen molar-refractivity contribution in [1.82, 2.24) is 10.2 Å². The standard InChI is InChI=1S/C17H14ClN3O3S/c1-10-6-7-13(14(22)8-10)19-15(23)9-25-17-21-20-16(24-17)11-4-2-3-5-12(11)18/h2-8,22H,9H2,1H3,(H,19,23). The van der Waals surface area contributed by atoms with Gasteiger partial charge in [0.1, 0.15) is 5.75 Å². The van der Waals surface area contributed by atoms with E-state index < -0.39 is 0 Å². The molecule has 0 saturated carbocycles. The van der Waals surface area contributed by atoms with Crippen LogP contribution in [0.1, 0.15) is 5.56 Å². The molecule has 128 valence electrons. The summed E-state index contributed by atoms with van der Waals surface area (Å²) in [5.41, 5.74) is 1.90. The van der Waals surface area contributed by atoms with Crippen molar-refractivity contribution in [2.75, 3.05) is 11.1 Å². The largest absolute Gasteiger partial charge is 0.506 e. The molecular formula is C17H14ClN3O3S. The summed E-state index contributed by atoms with van der Waals surface area (Å²) >= 11 is 7.19. The van der Waals surface area contributed by atoms with Gasteiger partial charge in [-0.2, -0.15) is 0 Å². The summed E-state index contributed by atoms with van der Waals surface area (Å²) in [6.07, 6.45) is 0. The molecule has 6 nitrogen and oxygen atoms in total. The van der Waals surface area contributed by atoms with E-state index in [0.29, 0.717) is 22.2 Å². The number of phenolic OH excluding ortho intramolecular Hbond substituents is 1. The number of aryl methyl sites for hydroxylation is 1. The lowest BCUT2D eigenvalue weighted by Gasteiger charge is -2.06. The number of halogens is 1. The lowest BCUT2D eigenvalue weighted by Crippen LogP contribution is -2.14. The van der Waals surface area contributed by atoms with Crippen molar-refractivity contribution < 1.29 is 14.3 Å². The number of nitrogens with zero attached hydrogens (tertiary/aromatic N) is 2. The number of carbonyl (C=O) groups is 1. The molecule has 1 amide bonds. The zero-order chi connectivity index (χ0) is 17.8. The first-order chi connectivity index (χ1) is 12.0. The van der Waals surface area contributed by atoms with Crippen LogP contribution in [-0.2, 0) is 4.79 Å². The van der Waals surface area contributed by atoms with Crippen LogP contribution in [0, 0.1) is 6.92 Å². The molecule has 0 aliphatic carbocycles. The van der Waals surface area contributed by atoms with Gasteiger partial charge in [0.2, 0.25) is 11.8 Å². The van der Waals surface area contributed by atoms with Gasteiger partial charge < -0.3 is 14.8 Å². The van der Waals surface area contributed by atoms with Crippen LogP contribution in [0.25, 0.3) is 11.5 Å². The number of amides is 1. The second-order valence-corrected chi connectivity index (χ2v) is 6.54. The van der Waals surface area contributed by atoms with Crippen molar-refractivity contribution in [3.8, 4) is 17.2 Å². The number of carbonyl (C=O) groups excluding carboxylic acids is 1. The van der Waals surface area contributed by atoms with E-state index in [1.807, 2.05) is 19.1 Å². The molecule has 25 heavy (non-hydrogen) atoms. The molecule has 8 heteroatoms. The minimum absolute atomic E-state index is 0.0251. The van der Waals surface area contributed by atoms with Gasteiger partial charge in [0.05, 0.1) is 22.0 Å². The van der Waals surface area contributed by atoms with Crippen molar-refractivity contribution in [2.45, 2.75) is 12.1 Å². The number of hydrogen-bond donors (Lipinski definition) is 2. The molecular weight excluding hydrogens is 362 g/mol. The Morgan fingerprint density at radius 3 is 2.84 bits per heavy atom. The van der Waals surface area contributed by atoms with Crippen LogP contribution in [0.5, 0.6) is 5.75 Å². The Balaban J connectivity index is 1.60. The third-order valence-corrected chi connectivity index (χ3v) is 4.41. The molecule has 3 rings (SSSR count).